The van der Waals surface area contributed by atoms with Crippen LogP contribution < -0.4 is 10.1 Å². The van der Waals surface area contributed by atoms with Gasteiger partial charge in [0.25, 0.3) is 0 Å². The summed E-state index contributed by atoms with van der Waals surface area (Å²) < 4.78 is 6.16. The summed E-state index contributed by atoms with van der Waals surface area (Å²) in [5.74, 6) is 1.02. The minimum atomic E-state index is 0.244. The fraction of sp³-hybridized carbons (Fsp3) is 0.529. The van der Waals surface area contributed by atoms with E-state index >= 15 is 0 Å². The molecule has 0 bridgehead atoms. The number of hydrogen-bond donors (Lipinski definition) is 1. The molecule has 1 aliphatic carbocycles. The molecule has 0 spiro atoms. The van der Waals surface area contributed by atoms with Gasteiger partial charge in [-0.1, -0.05) is 31.2 Å². The first-order valence-electron chi connectivity index (χ1n) is 7.47. The molecule has 0 fully saturated rings. The van der Waals surface area contributed by atoms with Crippen molar-refractivity contribution in [2.75, 3.05) is 6.54 Å². The minimum absolute atomic E-state index is 0.244. The van der Waals surface area contributed by atoms with Crippen molar-refractivity contribution in [1.82, 2.24) is 5.32 Å². The molecule has 1 aromatic carbocycles. The average Bonchev–Trinajstić information content (AvgIpc) is 2.46. The van der Waals surface area contributed by atoms with Crippen molar-refractivity contribution < 1.29 is 4.74 Å². The van der Waals surface area contributed by atoms with Crippen molar-refractivity contribution in [3.63, 3.8) is 0 Å². The fourth-order valence-corrected chi connectivity index (χ4v) is 2.46. The van der Waals surface area contributed by atoms with Gasteiger partial charge in [-0.05, 0) is 51.3 Å². The van der Waals surface area contributed by atoms with Crippen LogP contribution >= 0.6 is 0 Å². The lowest BCUT2D eigenvalue weighted by atomic mass is 10.0. The van der Waals surface area contributed by atoms with E-state index in [2.05, 4.69) is 55.6 Å². The second-order valence-electron chi connectivity index (χ2n) is 5.23. The van der Waals surface area contributed by atoms with E-state index in [1.54, 1.807) is 0 Å². The van der Waals surface area contributed by atoms with Crippen LogP contribution in [0.3, 0.4) is 0 Å². The van der Waals surface area contributed by atoms with Gasteiger partial charge in [0.15, 0.2) is 0 Å². The van der Waals surface area contributed by atoms with Crippen molar-refractivity contribution in [3.05, 3.63) is 42.0 Å². The van der Waals surface area contributed by atoms with E-state index < -0.39 is 0 Å². The third-order valence-electron chi connectivity index (χ3n) is 3.57. The highest BCUT2D eigenvalue weighted by atomic mass is 16.5. The van der Waals surface area contributed by atoms with E-state index in [1.807, 2.05) is 0 Å². The zero-order chi connectivity index (χ0) is 13.5. The Labute approximate surface area is 116 Å². The number of rotatable bonds is 6. The minimum Gasteiger partial charge on any atom is -0.486 e. The molecule has 0 heterocycles. The van der Waals surface area contributed by atoms with Crippen molar-refractivity contribution in [2.45, 2.75) is 51.7 Å². The summed E-state index contributed by atoms with van der Waals surface area (Å²) in [7, 11) is 0. The number of allylic oxidation sites excluding steroid dienone is 1. The Morgan fingerprint density at radius 2 is 2.21 bits per heavy atom. The fourth-order valence-electron chi connectivity index (χ4n) is 2.46. The number of benzene rings is 1. The molecule has 0 aromatic heterocycles. The molecule has 0 amide bonds. The van der Waals surface area contributed by atoms with E-state index in [0.717, 1.165) is 25.1 Å². The zero-order valence-electron chi connectivity index (χ0n) is 12.1. The lowest BCUT2D eigenvalue weighted by Crippen LogP contribution is -2.22. The molecule has 0 saturated carbocycles. The predicted octanol–water partition coefficient (Wildman–Crippen LogP) is 4.23. The quantitative estimate of drug-likeness (QED) is 0.772. The number of hydrogen-bond acceptors (Lipinski definition) is 2. The Balaban J connectivity index is 2.06. The summed E-state index contributed by atoms with van der Waals surface area (Å²) in [6.45, 7) is 5.43. The van der Waals surface area contributed by atoms with Crippen molar-refractivity contribution in [1.29, 1.82) is 0 Å². The van der Waals surface area contributed by atoms with Crippen LogP contribution in [0.4, 0.5) is 0 Å². The molecule has 1 N–H and O–H groups in total. The van der Waals surface area contributed by atoms with Crippen LogP contribution in [-0.4, -0.2) is 12.6 Å². The van der Waals surface area contributed by atoms with E-state index in [0.29, 0.717) is 6.04 Å². The van der Waals surface area contributed by atoms with Crippen LogP contribution in [0, 0.1) is 0 Å². The molecular formula is C17H25NO. The third kappa shape index (κ3) is 4.10. The van der Waals surface area contributed by atoms with Gasteiger partial charge >= 0.3 is 0 Å². The zero-order valence-corrected chi connectivity index (χ0v) is 12.1. The molecule has 0 saturated heterocycles. The number of ether oxygens (including phenoxy) is 1. The van der Waals surface area contributed by atoms with Gasteiger partial charge < -0.3 is 10.1 Å². The van der Waals surface area contributed by atoms with Gasteiger partial charge in [-0.3, -0.25) is 0 Å². The molecule has 104 valence electrons. The molecule has 2 unspecified atom stereocenters. The van der Waals surface area contributed by atoms with Gasteiger partial charge in [0.2, 0.25) is 0 Å². The van der Waals surface area contributed by atoms with Crippen LogP contribution in [0.1, 0.15) is 51.1 Å². The van der Waals surface area contributed by atoms with Crippen LogP contribution in [0.2, 0.25) is 0 Å². The molecule has 19 heavy (non-hydrogen) atoms. The molecule has 0 radical (unpaired) electrons. The Hall–Kier alpha value is -1.28. The highest BCUT2D eigenvalue weighted by molar-refractivity contribution is 5.36. The molecule has 2 heteroatoms. The largest absolute Gasteiger partial charge is 0.486 e. The van der Waals surface area contributed by atoms with Gasteiger partial charge in [0.05, 0.1) is 0 Å². The Bertz CT molecular complexity index is 413. The summed E-state index contributed by atoms with van der Waals surface area (Å²) in [6.07, 6.45) is 9.37. The van der Waals surface area contributed by atoms with E-state index in [4.69, 9.17) is 4.74 Å². The maximum Gasteiger partial charge on any atom is 0.124 e. The van der Waals surface area contributed by atoms with Crippen LogP contribution in [0.5, 0.6) is 5.75 Å². The van der Waals surface area contributed by atoms with Crippen LogP contribution in [-0.2, 0) is 0 Å². The molecule has 2 nitrogen and oxygen atoms in total. The number of nitrogens with one attached hydrogen (secondary N) is 1. The van der Waals surface area contributed by atoms with Gasteiger partial charge in [0.1, 0.15) is 11.9 Å². The van der Waals surface area contributed by atoms with Crippen molar-refractivity contribution in [3.8, 4) is 5.75 Å². The Morgan fingerprint density at radius 3 is 2.95 bits per heavy atom. The second kappa shape index (κ2) is 7.34. The highest BCUT2D eigenvalue weighted by Crippen LogP contribution is 2.27. The van der Waals surface area contributed by atoms with Crippen molar-refractivity contribution in [2.24, 2.45) is 0 Å². The first kappa shape index (κ1) is 14.1. The summed E-state index contributed by atoms with van der Waals surface area (Å²) in [5, 5.41) is 3.53. The first-order valence-corrected chi connectivity index (χ1v) is 7.47. The topological polar surface area (TPSA) is 21.3 Å². The van der Waals surface area contributed by atoms with Gasteiger partial charge in [-0.25, -0.2) is 0 Å². The summed E-state index contributed by atoms with van der Waals surface area (Å²) >= 11 is 0. The standard InChI is InChI=1S/C17H25NO/c1-3-13-18-14(2)16-11-7-8-12-17(16)19-15-9-5-4-6-10-15/h5,7-9,11-12,14-15,18H,3-4,6,10,13H2,1-2H3. The molecule has 1 aromatic rings. The SMILES string of the molecule is CCCNC(C)c1ccccc1OC1C=CCCC1. The number of para-hydroxylation sites is 1. The third-order valence-corrected chi connectivity index (χ3v) is 3.57. The molecule has 1 aliphatic rings. The van der Waals surface area contributed by atoms with E-state index in [-0.39, 0.29) is 6.10 Å². The average molecular weight is 259 g/mol. The summed E-state index contributed by atoms with van der Waals surface area (Å²) in [6, 6.07) is 8.72. The molecular weight excluding hydrogens is 234 g/mol. The van der Waals surface area contributed by atoms with Crippen molar-refractivity contribution >= 4 is 0 Å². The molecule has 2 atom stereocenters. The smallest absolute Gasteiger partial charge is 0.124 e. The van der Waals surface area contributed by atoms with E-state index in [1.165, 1.54) is 18.4 Å². The predicted molar refractivity (Wildman–Crippen MR) is 80.6 cm³/mol. The highest BCUT2D eigenvalue weighted by Gasteiger charge is 2.15. The van der Waals surface area contributed by atoms with E-state index in [9.17, 15) is 0 Å². The summed E-state index contributed by atoms with van der Waals surface area (Å²) in [5.41, 5.74) is 1.26. The summed E-state index contributed by atoms with van der Waals surface area (Å²) in [4.78, 5) is 0. The lowest BCUT2D eigenvalue weighted by Gasteiger charge is -2.23. The Kier molecular flexibility index (Phi) is 5.46. The van der Waals surface area contributed by atoms with Crippen LogP contribution in [0.25, 0.3) is 0 Å². The second-order valence-corrected chi connectivity index (χ2v) is 5.23. The van der Waals surface area contributed by atoms with Gasteiger partial charge in [0, 0.05) is 11.6 Å². The monoisotopic (exact) mass is 259 g/mol. The van der Waals surface area contributed by atoms with Gasteiger partial charge in [-0.2, -0.15) is 0 Å². The Morgan fingerprint density at radius 1 is 1.37 bits per heavy atom. The first-order chi connectivity index (χ1) is 9.31. The lowest BCUT2D eigenvalue weighted by molar-refractivity contribution is 0.226. The van der Waals surface area contributed by atoms with Gasteiger partial charge in [-0.15, -0.1) is 0 Å². The maximum absolute atomic E-state index is 6.16. The molecule has 0 aliphatic heterocycles. The van der Waals surface area contributed by atoms with Crippen LogP contribution in [0.15, 0.2) is 36.4 Å². The molecule has 2 rings (SSSR count). The maximum atomic E-state index is 6.16. The normalized spacial score (nSPS) is 20.2.